The molecule has 1 heterocycles. The van der Waals surface area contributed by atoms with Crippen molar-refractivity contribution in [2.45, 2.75) is 64.3 Å². The van der Waals surface area contributed by atoms with Crippen LogP contribution in [0, 0.1) is 5.92 Å². The molecule has 142 valence electrons. The number of aliphatic hydroxyl groups excluding tert-OH is 1. The second-order valence-corrected chi connectivity index (χ2v) is 7.35. The Bertz CT molecular complexity index is 600. The molecule has 2 N–H and O–H groups in total. The summed E-state index contributed by atoms with van der Waals surface area (Å²) in [6, 6.07) is -0.182. The molecule has 0 aromatic carbocycles. The molecule has 0 spiro atoms. The summed E-state index contributed by atoms with van der Waals surface area (Å²) in [5.41, 5.74) is -2.37. The number of halogens is 3. The van der Waals surface area contributed by atoms with Gasteiger partial charge < -0.3 is 9.84 Å². The predicted octanol–water partition coefficient (Wildman–Crippen LogP) is 3.97. The molecule has 2 rings (SSSR count). The Morgan fingerprint density at radius 3 is 2.40 bits per heavy atom. The number of amides is 1. The van der Waals surface area contributed by atoms with Gasteiger partial charge in [0.2, 0.25) is 0 Å². The highest BCUT2D eigenvalue weighted by Gasteiger charge is 2.39. The zero-order valence-electron chi connectivity index (χ0n) is 14.6. The Kier molecular flexibility index (Phi) is 5.65. The van der Waals surface area contributed by atoms with Gasteiger partial charge in [-0.2, -0.15) is 18.3 Å². The number of aliphatic hydroxyl groups is 1. The van der Waals surface area contributed by atoms with Crippen LogP contribution in [-0.2, 0) is 10.9 Å². The molecule has 1 aliphatic rings. The smallest absolute Gasteiger partial charge is 0.437 e. The van der Waals surface area contributed by atoms with Crippen molar-refractivity contribution in [3.63, 3.8) is 0 Å². The van der Waals surface area contributed by atoms with E-state index in [1.54, 1.807) is 20.8 Å². The molecule has 0 radical (unpaired) electrons. The summed E-state index contributed by atoms with van der Waals surface area (Å²) in [7, 11) is 0. The van der Waals surface area contributed by atoms with Crippen molar-refractivity contribution >= 4 is 11.8 Å². The van der Waals surface area contributed by atoms with E-state index in [0.29, 0.717) is 12.8 Å². The number of hydrogen-bond donors (Lipinski definition) is 2. The monoisotopic (exact) mass is 363 g/mol. The summed E-state index contributed by atoms with van der Waals surface area (Å²) in [6.07, 6.45) is -1.70. The number of rotatable bonds is 3. The molecule has 1 saturated carbocycles. The number of nitrogens with one attached hydrogen (secondary N) is 1. The third-order valence-electron chi connectivity index (χ3n) is 4.08. The number of alkyl halides is 3. The highest BCUT2D eigenvalue weighted by molar-refractivity contribution is 5.85. The molecule has 9 heteroatoms. The molecule has 1 aliphatic carbocycles. The van der Waals surface area contributed by atoms with Crippen LogP contribution in [0.3, 0.4) is 0 Å². The van der Waals surface area contributed by atoms with E-state index in [1.165, 1.54) is 10.9 Å². The Labute approximate surface area is 144 Å². The van der Waals surface area contributed by atoms with Crippen molar-refractivity contribution < 1.29 is 27.8 Å². The highest BCUT2D eigenvalue weighted by Crippen LogP contribution is 2.37. The number of nitrogens with zero attached hydrogens (tertiary/aromatic N) is 2. The number of carbonyl (C=O) groups is 1. The van der Waals surface area contributed by atoms with Crippen LogP contribution < -0.4 is 5.32 Å². The van der Waals surface area contributed by atoms with E-state index in [4.69, 9.17) is 9.84 Å². The molecule has 1 aromatic heterocycles. The molecule has 1 aromatic rings. The van der Waals surface area contributed by atoms with Gasteiger partial charge in [0.25, 0.3) is 0 Å². The Morgan fingerprint density at radius 2 is 1.92 bits per heavy atom. The maximum Gasteiger partial charge on any atom is 0.437 e. The topological polar surface area (TPSA) is 76.4 Å². The van der Waals surface area contributed by atoms with Crippen LogP contribution in [0.2, 0.25) is 0 Å². The Hall–Kier alpha value is -1.77. The second kappa shape index (κ2) is 7.23. The molecule has 0 atom stereocenters. The largest absolute Gasteiger partial charge is 0.444 e. The van der Waals surface area contributed by atoms with E-state index in [9.17, 15) is 18.0 Å². The molecule has 1 amide bonds. The zero-order chi connectivity index (χ0) is 18.8. The van der Waals surface area contributed by atoms with Gasteiger partial charge in [0.15, 0.2) is 5.69 Å². The molecule has 1 fully saturated rings. The molecule has 6 nitrogen and oxygen atoms in total. The maximum atomic E-state index is 13.2. The van der Waals surface area contributed by atoms with Crippen molar-refractivity contribution in [2.24, 2.45) is 5.92 Å². The van der Waals surface area contributed by atoms with Crippen LogP contribution in [0.1, 0.15) is 58.2 Å². The molecule has 0 bridgehead atoms. The standard InChI is InChI=1S/C16H24F3N3O3/c1-15(2,3)25-14(24)20-12-8-22(21-13(12)16(17,18)19)11-6-4-10(9-23)5-7-11/h8,10-11,23H,4-7,9H2,1-3H3,(H,20,24). The van der Waals surface area contributed by atoms with Crippen LogP contribution in [0.25, 0.3) is 0 Å². The van der Waals surface area contributed by atoms with Gasteiger partial charge in [0.05, 0.1) is 11.7 Å². The molecule has 0 unspecified atom stereocenters. The Morgan fingerprint density at radius 1 is 1.32 bits per heavy atom. The van der Waals surface area contributed by atoms with E-state index in [2.05, 4.69) is 10.4 Å². The molecule has 25 heavy (non-hydrogen) atoms. The third-order valence-corrected chi connectivity index (χ3v) is 4.08. The maximum absolute atomic E-state index is 13.2. The fourth-order valence-corrected chi connectivity index (χ4v) is 2.89. The van der Waals surface area contributed by atoms with Crippen LogP contribution >= 0.6 is 0 Å². The van der Waals surface area contributed by atoms with Gasteiger partial charge in [-0.1, -0.05) is 0 Å². The number of carbonyl (C=O) groups excluding carboxylic acids is 1. The van der Waals surface area contributed by atoms with Gasteiger partial charge in [-0.25, -0.2) is 4.79 Å². The molecule has 0 saturated heterocycles. The number of aromatic nitrogens is 2. The van der Waals surface area contributed by atoms with Gasteiger partial charge >= 0.3 is 12.3 Å². The SMILES string of the molecule is CC(C)(C)OC(=O)Nc1cn(C2CCC(CO)CC2)nc1C(F)(F)F. The first kappa shape index (κ1) is 19.6. The van der Waals surface area contributed by atoms with E-state index in [-0.39, 0.29) is 18.6 Å². The van der Waals surface area contributed by atoms with E-state index < -0.39 is 29.3 Å². The summed E-state index contributed by atoms with van der Waals surface area (Å²) in [4.78, 5) is 11.8. The minimum atomic E-state index is -4.68. The zero-order valence-corrected chi connectivity index (χ0v) is 14.6. The summed E-state index contributed by atoms with van der Waals surface area (Å²) in [6.45, 7) is 4.96. The summed E-state index contributed by atoms with van der Waals surface area (Å²) < 4.78 is 46.0. The molecular weight excluding hydrogens is 339 g/mol. The van der Waals surface area contributed by atoms with E-state index in [1.807, 2.05) is 0 Å². The first-order valence-corrected chi connectivity index (χ1v) is 8.27. The average molecular weight is 363 g/mol. The van der Waals surface area contributed by atoms with Crippen molar-refractivity contribution in [2.75, 3.05) is 11.9 Å². The quantitative estimate of drug-likeness (QED) is 0.852. The van der Waals surface area contributed by atoms with Gasteiger partial charge in [0.1, 0.15) is 5.60 Å². The van der Waals surface area contributed by atoms with Gasteiger partial charge in [0, 0.05) is 12.8 Å². The van der Waals surface area contributed by atoms with Gasteiger partial charge in [-0.05, 0) is 52.4 Å². The van der Waals surface area contributed by atoms with Crippen LogP contribution in [-0.4, -0.2) is 33.2 Å². The lowest BCUT2D eigenvalue weighted by atomic mass is 9.87. The summed E-state index contributed by atoms with van der Waals surface area (Å²) in [5, 5.41) is 15.0. The van der Waals surface area contributed by atoms with Gasteiger partial charge in [-0.15, -0.1) is 0 Å². The van der Waals surface area contributed by atoms with Crippen molar-refractivity contribution in [1.82, 2.24) is 9.78 Å². The molecular formula is C16H24F3N3O3. The fourth-order valence-electron chi connectivity index (χ4n) is 2.89. The summed E-state index contributed by atoms with van der Waals surface area (Å²) in [5.74, 6) is 0.188. The van der Waals surface area contributed by atoms with Crippen molar-refractivity contribution in [3.05, 3.63) is 11.9 Å². The normalized spacial score (nSPS) is 21.9. The highest BCUT2D eigenvalue weighted by atomic mass is 19.4. The van der Waals surface area contributed by atoms with E-state index >= 15 is 0 Å². The minimum absolute atomic E-state index is 0.0884. The lowest BCUT2D eigenvalue weighted by Gasteiger charge is -2.27. The van der Waals surface area contributed by atoms with Crippen molar-refractivity contribution in [1.29, 1.82) is 0 Å². The fraction of sp³-hybridized carbons (Fsp3) is 0.750. The van der Waals surface area contributed by atoms with Crippen LogP contribution in [0.4, 0.5) is 23.7 Å². The second-order valence-electron chi connectivity index (χ2n) is 7.35. The minimum Gasteiger partial charge on any atom is -0.444 e. The first-order valence-electron chi connectivity index (χ1n) is 8.27. The average Bonchev–Trinajstić information content (AvgIpc) is 2.89. The number of hydrogen-bond acceptors (Lipinski definition) is 4. The number of ether oxygens (including phenoxy) is 1. The van der Waals surface area contributed by atoms with Crippen molar-refractivity contribution in [3.8, 4) is 0 Å². The Balaban J connectivity index is 2.18. The first-order chi connectivity index (χ1) is 11.5. The van der Waals surface area contributed by atoms with Crippen LogP contribution in [0.5, 0.6) is 0 Å². The number of anilines is 1. The van der Waals surface area contributed by atoms with Gasteiger partial charge in [-0.3, -0.25) is 10.00 Å². The molecule has 0 aliphatic heterocycles. The van der Waals surface area contributed by atoms with Crippen LogP contribution in [0.15, 0.2) is 6.20 Å². The van der Waals surface area contributed by atoms with E-state index in [0.717, 1.165) is 12.8 Å². The third kappa shape index (κ3) is 5.35. The lowest BCUT2D eigenvalue weighted by Crippen LogP contribution is -2.27. The summed E-state index contributed by atoms with van der Waals surface area (Å²) >= 11 is 0. The lowest BCUT2D eigenvalue weighted by molar-refractivity contribution is -0.141. The predicted molar refractivity (Wildman–Crippen MR) is 85.2 cm³/mol.